The summed E-state index contributed by atoms with van der Waals surface area (Å²) >= 11 is 1.44. The highest BCUT2D eigenvalue weighted by atomic mass is 32.1. The molecule has 3 aliphatic rings. The van der Waals surface area contributed by atoms with Crippen LogP contribution in [0.15, 0.2) is 18.2 Å². The molecule has 1 unspecified atom stereocenters. The van der Waals surface area contributed by atoms with Gasteiger partial charge < -0.3 is 20.3 Å². The number of amides is 2. The van der Waals surface area contributed by atoms with Crippen molar-refractivity contribution in [3.8, 4) is 6.07 Å². The maximum Gasteiger partial charge on any atom is 0.338 e. The largest absolute Gasteiger partial charge is 0.452 e. The molecule has 1 aromatic carbocycles. The summed E-state index contributed by atoms with van der Waals surface area (Å²) in [6.45, 7) is 0.357. The third-order valence-electron chi connectivity index (χ3n) is 6.48. The van der Waals surface area contributed by atoms with Gasteiger partial charge >= 0.3 is 5.97 Å². The molecule has 1 aliphatic carbocycles. The van der Waals surface area contributed by atoms with Gasteiger partial charge in [-0.25, -0.2) is 4.79 Å². The Hall–Kier alpha value is -3.38. The molecule has 1 fully saturated rings. The lowest BCUT2D eigenvalue weighted by Gasteiger charge is -2.33. The Bertz CT molecular complexity index is 1180. The summed E-state index contributed by atoms with van der Waals surface area (Å²) in [5.41, 5.74) is 3.31. The zero-order chi connectivity index (χ0) is 22.9. The molecule has 5 rings (SSSR count). The summed E-state index contributed by atoms with van der Waals surface area (Å²) in [6.07, 6.45) is 6.84. The molecule has 0 bridgehead atoms. The van der Waals surface area contributed by atoms with Gasteiger partial charge in [-0.3, -0.25) is 9.59 Å². The number of benzene rings is 1. The molecule has 0 radical (unpaired) electrons. The van der Waals surface area contributed by atoms with Crippen LogP contribution in [-0.2, 0) is 27.2 Å². The molecule has 3 heterocycles. The number of esters is 1. The van der Waals surface area contributed by atoms with Gasteiger partial charge in [0, 0.05) is 11.4 Å². The summed E-state index contributed by atoms with van der Waals surface area (Å²) in [5.74, 6) is -1.19. The lowest BCUT2D eigenvalue weighted by Crippen LogP contribution is -2.43. The Morgan fingerprint density at radius 2 is 2.09 bits per heavy atom. The number of nitriles is 1. The third kappa shape index (κ3) is 4.07. The number of thiophene rings is 1. The SMILES string of the molecule is N#Cc1c(NC(=O)COC(=O)c2ccc3c(c2)NC(=O)C2CCCN32)sc2c1CCCCC2. The number of rotatable bonds is 4. The van der Waals surface area contributed by atoms with E-state index in [0.717, 1.165) is 67.6 Å². The standard InChI is InChI=1S/C24H24N4O4S/c25-12-16-15-5-2-1-3-7-20(15)33-23(16)27-21(29)13-32-24(31)14-8-9-18-17(11-14)26-22(30)19-6-4-10-28(18)19/h8-9,11,19H,1-7,10,13H2,(H,26,30)(H,27,29). The van der Waals surface area contributed by atoms with Gasteiger partial charge in [-0.05, 0) is 62.3 Å². The van der Waals surface area contributed by atoms with Gasteiger partial charge in [0.2, 0.25) is 5.91 Å². The molecule has 33 heavy (non-hydrogen) atoms. The minimum absolute atomic E-state index is 0.0625. The molecular formula is C24H24N4O4S. The zero-order valence-corrected chi connectivity index (χ0v) is 18.9. The molecule has 1 saturated heterocycles. The van der Waals surface area contributed by atoms with Crippen LogP contribution in [0.5, 0.6) is 0 Å². The fourth-order valence-electron chi connectivity index (χ4n) is 4.88. The lowest BCUT2D eigenvalue weighted by molar-refractivity contribution is -0.119. The Labute approximate surface area is 195 Å². The van der Waals surface area contributed by atoms with E-state index in [2.05, 4.69) is 21.6 Å². The van der Waals surface area contributed by atoms with E-state index in [1.165, 1.54) is 11.3 Å². The van der Waals surface area contributed by atoms with Gasteiger partial charge in [0.1, 0.15) is 17.1 Å². The predicted octanol–water partition coefficient (Wildman–Crippen LogP) is 3.61. The second-order valence-corrected chi connectivity index (χ2v) is 9.68. The maximum atomic E-state index is 12.5. The van der Waals surface area contributed by atoms with Crippen LogP contribution in [0.4, 0.5) is 16.4 Å². The van der Waals surface area contributed by atoms with E-state index in [1.807, 2.05) is 6.07 Å². The molecule has 9 heteroatoms. The molecule has 1 atom stereocenters. The summed E-state index contributed by atoms with van der Waals surface area (Å²) in [5, 5.41) is 15.7. The normalized spacial score (nSPS) is 18.8. The van der Waals surface area contributed by atoms with Crippen molar-refractivity contribution < 1.29 is 19.1 Å². The summed E-state index contributed by atoms with van der Waals surface area (Å²) < 4.78 is 5.21. The van der Waals surface area contributed by atoms with Crippen LogP contribution in [0.2, 0.25) is 0 Å². The number of nitrogens with zero attached hydrogens (tertiary/aromatic N) is 2. The maximum absolute atomic E-state index is 12.5. The smallest absolute Gasteiger partial charge is 0.338 e. The van der Waals surface area contributed by atoms with Crippen LogP contribution >= 0.6 is 11.3 Å². The summed E-state index contributed by atoms with van der Waals surface area (Å²) in [7, 11) is 0. The fourth-order valence-corrected chi connectivity index (χ4v) is 6.14. The first-order chi connectivity index (χ1) is 16.0. The number of hydrogen-bond donors (Lipinski definition) is 2. The van der Waals surface area contributed by atoms with Crippen molar-refractivity contribution in [1.29, 1.82) is 5.26 Å². The molecule has 170 valence electrons. The van der Waals surface area contributed by atoms with Gasteiger partial charge in [-0.1, -0.05) is 6.42 Å². The molecule has 8 nitrogen and oxygen atoms in total. The van der Waals surface area contributed by atoms with Crippen molar-refractivity contribution in [2.75, 3.05) is 28.7 Å². The van der Waals surface area contributed by atoms with Crippen molar-refractivity contribution >= 4 is 45.5 Å². The van der Waals surface area contributed by atoms with Crippen molar-refractivity contribution in [1.82, 2.24) is 0 Å². The average molecular weight is 465 g/mol. The highest BCUT2D eigenvalue weighted by Gasteiger charge is 2.36. The average Bonchev–Trinajstić information content (AvgIpc) is 3.36. The molecular weight excluding hydrogens is 440 g/mol. The van der Waals surface area contributed by atoms with Crippen LogP contribution in [0.1, 0.15) is 58.5 Å². The minimum Gasteiger partial charge on any atom is -0.452 e. The van der Waals surface area contributed by atoms with E-state index >= 15 is 0 Å². The van der Waals surface area contributed by atoms with Gasteiger partial charge in [0.15, 0.2) is 6.61 Å². The van der Waals surface area contributed by atoms with Gasteiger partial charge in [0.05, 0.1) is 22.5 Å². The Kier molecular flexibility index (Phi) is 5.77. The second kappa shape index (κ2) is 8.87. The number of hydrogen-bond acceptors (Lipinski definition) is 7. The van der Waals surface area contributed by atoms with E-state index in [0.29, 0.717) is 16.3 Å². The number of anilines is 3. The van der Waals surface area contributed by atoms with E-state index < -0.39 is 18.5 Å². The number of ether oxygens (including phenoxy) is 1. The van der Waals surface area contributed by atoms with E-state index in [4.69, 9.17) is 4.74 Å². The minimum atomic E-state index is -0.645. The van der Waals surface area contributed by atoms with Gasteiger partial charge in [-0.15, -0.1) is 11.3 Å². The summed E-state index contributed by atoms with van der Waals surface area (Å²) in [4.78, 5) is 40.5. The number of fused-ring (bicyclic) bond motifs is 4. The fraction of sp³-hybridized carbons (Fsp3) is 0.417. The quantitative estimate of drug-likeness (QED) is 0.528. The van der Waals surface area contributed by atoms with Crippen LogP contribution in [0.25, 0.3) is 0 Å². The zero-order valence-electron chi connectivity index (χ0n) is 18.1. The number of aryl methyl sites for hydroxylation is 1. The topological polar surface area (TPSA) is 112 Å². The molecule has 2 amide bonds. The third-order valence-corrected chi connectivity index (χ3v) is 7.68. The molecule has 2 aromatic rings. The number of carbonyl (C=O) groups is 3. The number of carbonyl (C=O) groups excluding carboxylic acids is 3. The van der Waals surface area contributed by atoms with Gasteiger partial charge in [0.25, 0.3) is 5.91 Å². The van der Waals surface area contributed by atoms with E-state index in [1.54, 1.807) is 12.1 Å². The van der Waals surface area contributed by atoms with Crippen molar-refractivity contribution in [2.45, 2.75) is 51.0 Å². The first kappa shape index (κ1) is 21.5. The highest BCUT2D eigenvalue weighted by molar-refractivity contribution is 7.16. The van der Waals surface area contributed by atoms with Crippen LogP contribution in [-0.4, -0.2) is 37.0 Å². The van der Waals surface area contributed by atoms with Gasteiger partial charge in [-0.2, -0.15) is 5.26 Å². The molecule has 0 saturated carbocycles. The molecule has 0 spiro atoms. The highest BCUT2D eigenvalue weighted by Crippen LogP contribution is 2.38. The Balaban J connectivity index is 1.23. The first-order valence-electron chi connectivity index (χ1n) is 11.3. The first-order valence-corrected chi connectivity index (χ1v) is 12.1. The Morgan fingerprint density at radius 3 is 2.94 bits per heavy atom. The Morgan fingerprint density at radius 1 is 1.24 bits per heavy atom. The van der Waals surface area contributed by atoms with E-state index in [9.17, 15) is 19.6 Å². The molecule has 2 aliphatic heterocycles. The predicted molar refractivity (Wildman–Crippen MR) is 125 cm³/mol. The number of nitrogens with one attached hydrogen (secondary N) is 2. The molecule has 1 aromatic heterocycles. The second-order valence-electron chi connectivity index (χ2n) is 8.58. The van der Waals surface area contributed by atoms with Crippen LogP contribution in [0.3, 0.4) is 0 Å². The molecule has 2 N–H and O–H groups in total. The monoisotopic (exact) mass is 464 g/mol. The van der Waals surface area contributed by atoms with Crippen LogP contribution < -0.4 is 15.5 Å². The lowest BCUT2D eigenvalue weighted by atomic mass is 10.1. The summed E-state index contributed by atoms with van der Waals surface area (Å²) in [6, 6.07) is 7.12. The van der Waals surface area contributed by atoms with Crippen molar-refractivity contribution in [3.63, 3.8) is 0 Å². The van der Waals surface area contributed by atoms with E-state index in [-0.39, 0.29) is 17.5 Å². The van der Waals surface area contributed by atoms with Crippen molar-refractivity contribution in [3.05, 3.63) is 39.8 Å². The van der Waals surface area contributed by atoms with Crippen molar-refractivity contribution in [2.24, 2.45) is 0 Å². The van der Waals surface area contributed by atoms with Crippen LogP contribution in [0, 0.1) is 11.3 Å².